The molecule has 1 aliphatic carbocycles. The van der Waals surface area contributed by atoms with Crippen molar-refractivity contribution in [2.45, 2.75) is 32.7 Å². The predicted molar refractivity (Wildman–Crippen MR) is 63.4 cm³/mol. The number of hydrogen-bond donors (Lipinski definition) is 1. The first-order valence-electron chi connectivity index (χ1n) is 4.96. The monoisotopic (exact) mass is 253 g/mol. The summed E-state index contributed by atoms with van der Waals surface area (Å²) in [5.74, 6) is 0.536. The zero-order valence-corrected chi connectivity index (χ0v) is 10.4. The van der Waals surface area contributed by atoms with Crippen molar-refractivity contribution in [3.05, 3.63) is 33.8 Å². The van der Waals surface area contributed by atoms with E-state index in [9.17, 15) is 0 Å². The van der Waals surface area contributed by atoms with Crippen molar-refractivity contribution in [1.82, 2.24) is 0 Å². The molecule has 0 amide bonds. The Labute approximate surface area is 93.8 Å². The summed E-state index contributed by atoms with van der Waals surface area (Å²) in [4.78, 5) is 0. The fourth-order valence-electron chi connectivity index (χ4n) is 2.18. The van der Waals surface area contributed by atoms with Crippen LogP contribution in [0.3, 0.4) is 0 Å². The summed E-state index contributed by atoms with van der Waals surface area (Å²) < 4.78 is 1.17. The molecule has 0 radical (unpaired) electrons. The van der Waals surface area contributed by atoms with Gasteiger partial charge in [-0.15, -0.1) is 0 Å². The highest BCUT2D eigenvalue weighted by Gasteiger charge is 2.56. The summed E-state index contributed by atoms with van der Waals surface area (Å²) in [6.07, 6.45) is 0. The van der Waals surface area contributed by atoms with Crippen LogP contribution in [-0.2, 0) is 0 Å². The van der Waals surface area contributed by atoms with E-state index in [2.05, 4.69) is 54.9 Å². The van der Waals surface area contributed by atoms with Crippen LogP contribution in [-0.4, -0.2) is 6.04 Å². The van der Waals surface area contributed by atoms with Crippen molar-refractivity contribution in [3.63, 3.8) is 0 Å². The predicted octanol–water partition coefficient (Wildman–Crippen LogP) is 3.21. The third-order valence-electron chi connectivity index (χ3n) is 3.45. The van der Waals surface area contributed by atoms with E-state index in [-0.39, 0.29) is 5.41 Å². The second-order valence-corrected chi connectivity index (χ2v) is 5.69. The van der Waals surface area contributed by atoms with E-state index in [0.29, 0.717) is 12.0 Å². The highest BCUT2D eigenvalue weighted by atomic mass is 79.9. The van der Waals surface area contributed by atoms with Gasteiger partial charge in [0, 0.05) is 16.4 Å². The molecule has 2 atom stereocenters. The minimum atomic E-state index is 0.278. The largest absolute Gasteiger partial charge is 0.327 e. The van der Waals surface area contributed by atoms with E-state index in [1.165, 1.54) is 15.6 Å². The molecule has 1 nitrogen and oxygen atoms in total. The van der Waals surface area contributed by atoms with Gasteiger partial charge in [0.2, 0.25) is 0 Å². The lowest BCUT2D eigenvalue weighted by molar-refractivity contribution is 0.599. The first-order valence-corrected chi connectivity index (χ1v) is 5.75. The third kappa shape index (κ3) is 1.41. The lowest BCUT2D eigenvalue weighted by atomic mass is 10.0. The number of benzene rings is 1. The van der Waals surface area contributed by atoms with E-state index in [1.807, 2.05) is 0 Å². The van der Waals surface area contributed by atoms with Crippen LogP contribution in [0, 0.1) is 12.3 Å². The average Bonchev–Trinajstić information content (AvgIpc) is 2.58. The normalized spacial score (nSPS) is 28.9. The second kappa shape index (κ2) is 3.07. The highest BCUT2D eigenvalue weighted by molar-refractivity contribution is 9.10. The molecule has 0 saturated heterocycles. The topological polar surface area (TPSA) is 26.0 Å². The smallest absolute Gasteiger partial charge is 0.0204 e. The van der Waals surface area contributed by atoms with Gasteiger partial charge in [0.25, 0.3) is 0 Å². The molecule has 0 heterocycles. The van der Waals surface area contributed by atoms with Gasteiger partial charge in [-0.05, 0) is 29.5 Å². The molecule has 2 heteroatoms. The molecule has 1 fully saturated rings. The molecule has 0 aromatic heterocycles. The van der Waals surface area contributed by atoms with Gasteiger partial charge >= 0.3 is 0 Å². The van der Waals surface area contributed by atoms with Crippen LogP contribution in [0.4, 0.5) is 0 Å². The maximum absolute atomic E-state index is 6.05. The number of rotatable bonds is 1. The number of nitrogens with two attached hydrogens (primary N) is 1. The fraction of sp³-hybridized carbons (Fsp3) is 0.500. The van der Waals surface area contributed by atoms with Crippen molar-refractivity contribution in [1.29, 1.82) is 0 Å². The number of hydrogen-bond acceptors (Lipinski definition) is 1. The summed E-state index contributed by atoms with van der Waals surface area (Å²) in [6.45, 7) is 6.59. The zero-order chi connectivity index (χ0) is 10.5. The molecule has 1 aliphatic rings. The van der Waals surface area contributed by atoms with Crippen LogP contribution in [0.2, 0.25) is 0 Å². The zero-order valence-electron chi connectivity index (χ0n) is 8.84. The molecular weight excluding hydrogens is 238 g/mol. The summed E-state index contributed by atoms with van der Waals surface area (Å²) in [6, 6.07) is 6.86. The molecule has 1 aromatic carbocycles. The fourth-order valence-corrected chi connectivity index (χ4v) is 2.42. The van der Waals surface area contributed by atoms with Gasteiger partial charge in [-0.1, -0.05) is 41.9 Å². The van der Waals surface area contributed by atoms with Crippen molar-refractivity contribution in [3.8, 4) is 0 Å². The molecule has 14 heavy (non-hydrogen) atoms. The van der Waals surface area contributed by atoms with Gasteiger partial charge in [-0.25, -0.2) is 0 Å². The van der Waals surface area contributed by atoms with E-state index in [4.69, 9.17) is 5.73 Å². The van der Waals surface area contributed by atoms with Gasteiger partial charge < -0.3 is 5.73 Å². The van der Waals surface area contributed by atoms with E-state index in [0.717, 1.165) is 0 Å². The van der Waals surface area contributed by atoms with E-state index >= 15 is 0 Å². The van der Waals surface area contributed by atoms with Crippen LogP contribution < -0.4 is 5.73 Å². The SMILES string of the molecule is Cc1cc([C@H]2[C@H](N)C2(C)C)ccc1Br. The van der Waals surface area contributed by atoms with E-state index in [1.54, 1.807) is 0 Å². The molecule has 0 aliphatic heterocycles. The van der Waals surface area contributed by atoms with Crippen molar-refractivity contribution in [2.75, 3.05) is 0 Å². The molecule has 2 N–H and O–H groups in total. The summed E-state index contributed by atoms with van der Waals surface area (Å²) >= 11 is 3.51. The quantitative estimate of drug-likeness (QED) is 0.818. The Morgan fingerprint density at radius 2 is 1.93 bits per heavy atom. The van der Waals surface area contributed by atoms with Crippen LogP contribution >= 0.6 is 15.9 Å². The highest BCUT2D eigenvalue weighted by Crippen LogP contribution is 2.57. The lowest BCUT2D eigenvalue weighted by Crippen LogP contribution is -2.06. The molecule has 2 rings (SSSR count). The van der Waals surface area contributed by atoms with E-state index < -0.39 is 0 Å². The lowest BCUT2D eigenvalue weighted by Gasteiger charge is -2.05. The number of halogens is 1. The first kappa shape index (κ1) is 10.2. The average molecular weight is 254 g/mol. The Kier molecular flexibility index (Phi) is 2.24. The maximum atomic E-state index is 6.05. The Hall–Kier alpha value is -0.340. The minimum absolute atomic E-state index is 0.278. The Morgan fingerprint density at radius 3 is 2.36 bits per heavy atom. The van der Waals surface area contributed by atoms with Crippen LogP contribution in [0.15, 0.2) is 22.7 Å². The van der Waals surface area contributed by atoms with Crippen molar-refractivity contribution < 1.29 is 0 Å². The molecule has 0 bridgehead atoms. The van der Waals surface area contributed by atoms with Crippen LogP contribution in [0.25, 0.3) is 0 Å². The Morgan fingerprint density at radius 1 is 1.36 bits per heavy atom. The van der Waals surface area contributed by atoms with Gasteiger partial charge in [0.1, 0.15) is 0 Å². The second-order valence-electron chi connectivity index (χ2n) is 4.83. The minimum Gasteiger partial charge on any atom is -0.327 e. The first-order chi connectivity index (χ1) is 6.44. The van der Waals surface area contributed by atoms with Gasteiger partial charge in [0.15, 0.2) is 0 Å². The third-order valence-corrected chi connectivity index (χ3v) is 4.34. The Balaban J connectivity index is 2.32. The molecule has 76 valence electrons. The molecule has 0 spiro atoms. The molecule has 1 aromatic rings. The van der Waals surface area contributed by atoms with Crippen LogP contribution in [0.1, 0.15) is 30.9 Å². The van der Waals surface area contributed by atoms with Gasteiger partial charge in [-0.2, -0.15) is 0 Å². The molecule has 0 unspecified atom stereocenters. The van der Waals surface area contributed by atoms with Gasteiger partial charge in [0.05, 0.1) is 0 Å². The van der Waals surface area contributed by atoms with Crippen molar-refractivity contribution in [2.24, 2.45) is 11.1 Å². The standard InChI is InChI=1S/C12H16BrN/c1-7-6-8(4-5-9(7)13)10-11(14)12(10,2)3/h4-6,10-11H,14H2,1-3H3/t10-,11-/m0/s1. The summed E-state index contributed by atoms with van der Waals surface area (Å²) in [5.41, 5.74) is 9.00. The Bertz CT molecular complexity index is 371. The van der Waals surface area contributed by atoms with Gasteiger partial charge in [-0.3, -0.25) is 0 Å². The van der Waals surface area contributed by atoms with Crippen LogP contribution in [0.5, 0.6) is 0 Å². The molecular formula is C12H16BrN. The number of aryl methyl sites for hydroxylation is 1. The molecule has 1 saturated carbocycles. The van der Waals surface area contributed by atoms with Crippen molar-refractivity contribution >= 4 is 15.9 Å². The summed E-state index contributed by atoms with van der Waals surface area (Å²) in [7, 11) is 0. The maximum Gasteiger partial charge on any atom is 0.0204 e. The summed E-state index contributed by atoms with van der Waals surface area (Å²) in [5, 5.41) is 0.